The van der Waals surface area contributed by atoms with Crippen LogP contribution in [0.15, 0.2) is 66.7 Å². The van der Waals surface area contributed by atoms with Gasteiger partial charge in [0.2, 0.25) is 0 Å². The molecule has 0 bridgehead atoms. The van der Waals surface area contributed by atoms with Crippen molar-refractivity contribution in [2.75, 3.05) is 19.8 Å². The Labute approximate surface area is 203 Å². The molecule has 0 saturated carbocycles. The molecule has 0 saturated heterocycles. The summed E-state index contributed by atoms with van der Waals surface area (Å²) in [5.74, 6) is -0.394. The largest absolute Gasteiger partial charge is 0.486 e. The molecule has 178 valence electrons. The lowest BCUT2D eigenvalue weighted by Gasteiger charge is -2.26. The van der Waals surface area contributed by atoms with Gasteiger partial charge >= 0.3 is 5.97 Å². The Morgan fingerprint density at radius 1 is 0.886 bits per heavy atom. The van der Waals surface area contributed by atoms with Crippen LogP contribution in [0.5, 0.6) is 11.5 Å². The van der Waals surface area contributed by atoms with Gasteiger partial charge in [0.25, 0.3) is 5.91 Å². The van der Waals surface area contributed by atoms with Crippen LogP contribution >= 0.6 is 0 Å². The smallest absolute Gasteiger partial charge is 0.339 e. The minimum absolute atomic E-state index is 0.100. The number of ketones is 1. The molecule has 1 aliphatic carbocycles. The summed E-state index contributed by atoms with van der Waals surface area (Å²) in [6.45, 7) is 0.432. The number of rotatable bonds is 6. The highest BCUT2D eigenvalue weighted by atomic mass is 16.6. The zero-order valence-electron chi connectivity index (χ0n) is 19.1. The average molecular weight is 472 g/mol. The predicted molar refractivity (Wildman–Crippen MR) is 128 cm³/mol. The highest BCUT2D eigenvalue weighted by Crippen LogP contribution is 2.32. The van der Waals surface area contributed by atoms with Gasteiger partial charge in [0, 0.05) is 11.1 Å². The van der Waals surface area contributed by atoms with Crippen LogP contribution in [0.2, 0.25) is 0 Å². The van der Waals surface area contributed by atoms with Crippen molar-refractivity contribution in [3.05, 3.63) is 94.5 Å². The summed E-state index contributed by atoms with van der Waals surface area (Å²) in [6, 6.07) is 19.3. The van der Waals surface area contributed by atoms with Gasteiger partial charge in [-0.15, -0.1) is 0 Å². The minimum Gasteiger partial charge on any atom is -0.486 e. The number of aryl methyl sites for hydroxylation is 1. The van der Waals surface area contributed by atoms with Crippen LogP contribution in [0.1, 0.15) is 56.3 Å². The molecule has 0 spiro atoms. The van der Waals surface area contributed by atoms with Crippen molar-refractivity contribution in [3.63, 3.8) is 0 Å². The van der Waals surface area contributed by atoms with E-state index in [1.807, 2.05) is 18.2 Å². The van der Waals surface area contributed by atoms with E-state index in [9.17, 15) is 14.4 Å². The number of nitrogens with one attached hydrogen (secondary N) is 1. The molecular weight excluding hydrogens is 446 g/mol. The number of carbonyl (C=O) groups is 3. The molecule has 3 aromatic carbocycles. The van der Waals surface area contributed by atoms with Crippen LogP contribution in [0.3, 0.4) is 0 Å². The van der Waals surface area contributed by atoms with E-state index in [0.717, 1.165) is 24.8 Å². The predicted octanol–water partition coefficient (Wildman–Crippen LogP) is 4.04. The van der Waals surface area contributed by atoms with Crippen LogP contribution in [-0.2, 0) is 16.0 Å². The van der Waals surface area contributed by atoms with E-state index < -0.39 is 12.6 Å². The van der Waals surface area contributed by atoms with Gasteiger partial charge in [-0.2, -0.15) is 0 Å². The standard InChI is InChI=1S/C28H25NO6/c30-26(29-23-11-5-7-18-6-1-2-8-20(18)23)17-35-28(32)22-10-4-3-9-21(22)27(31)19-12-13-24-25(16-19)34-15-14-33-24/h1-4,6,8-10,12-13,16,23H,5,7,11,14-15,17H2,(H,29,30)/t23-/m1/s1. The van der Waals surface area contributed by atoms with E-state index >= 15 is 0 Å². The van der Waals surface area contributed by atoms with Gasteiger partial charge in [-0.3, -0.25) is 9.59 Å². The molecule has 1 amide bonds. The molecule has 0 unspecified atom stereocenters. The summed E-state index contributed by atoms with van der Waals surface area (Å²) < 4.78 is 16.4. The number of amides is 1. The zero-order chi connectivity index (χ0) is 24.2. The first-order valence-electron chi connectivity index (χ1n) is 11.7. The fraction of sp³-hybridized carbons (Fsp3) is 0.250. The van der Waals surface area contributed by atoms with Crippen molar-refractivity contribution >= 4 is 17.7 Å². The van der Waals surface area contributed by atoms with Gasteiger partial charge in [-0.1, -0.05) is 42.5 Å². The summed E-state index contributed by atoms with van der Waals surface area (Å²) in [7, 11) is 0. The van der Waals surface area contributed by atoms with E-state index in [4.69, 9.17) is 14.2 Å². The molecule has 5 rings (SSSR count). The SMILES string of the molecule is O=C(COC(=O)c1ccccc1C(=O)c1ccc2c(c1)OCCO2)N[C@@H]1CCCc2ccccc21. The van der Waals surface area contributed by atoms with E-state index in [1.165, 1.54) is 11.6 Å². The highest BCUT2D eigenvalue weighted by Gasteiger charge is 2.24. The molecule has 7 heteroatoms. The van der Waals surface area contributed by atoms with Crippen LogP contribution in [0.25, 0.3) is 0 Å². The molecule has 0 radical (unpaired) electrons. The third-order valence-electron chi connectivity index (χ3n) is 6.23. The first kappa shape index (κ1) is 22.7. The second-order valence-electron chi connectivity index (χ2n) is 8.52. The van der Waals surface area contributed by atoms with Crippen molar-refractivity contribution in [1.29, 1.82) is 0 Å². The van der Waals surface area contributed by atoms with Gasteiger partial charge in [0.05, 0.1) is 11.6 Å². The van der Waals surface area contributed by atoms with Gasteiger partial charge in [0.1, 0.15) is 13.2 Å². The molecule has 1 heterocycles. The third-order valence-corrected chi connectivity index (χ3v) is 6.23. The zero-order valence-corrected chi connectivity index (χ0v) is 19.1. The van der Waals surface area contributed by atoms with Crippen molar-refractivity contribution in [2.24, 2.45) is 0 Å². The summed E-state index contributed by atoms with van der Waals surface area (Å²) >= 11 is 0. The topological polar surface area (TPSA) is 90.9 Å². The molecule has 35 heavy (non-hydrogen) atoms. The molecule has 1 aliphatic heterocycles. The Balaban J connectivity index is 1.26. The first-order valence-corrected chi connectivity index (χ1v) is 11.7. The number of hydrogen-bond acceptors (Lipinski definition) is 6. The Morgan fingerprint density at radius 3 is 2.49 bits per heavy atom. The summed E-state index contributed by atoms with van der Waals surface area (Å²) in [5.41, 5.74) is 2.99. The second kappa shape index (κ2) is 10.0. The molecule has 1 N–H and O–H groups in total. The summed E-state index contributed by atoms with van der Waals surface area (Å²) in [5, 5.41) is 2.97. The van der Waals surface area contributed by atoms with Crippen molar-refractivity contribution in [3.8, 4) is 11.5 Å². The normalized spacial score (nSPS) is 16.1. The molecule has 0 fully saturated rings. The lowest BCUT2D eigenvalue weighted by molar-refractivity contribution is -0.125. The summed E-state index contributed by atoms with van der Waals surface area (Å²) in [4.78, 5) is 38.6. The summed E-state index contributed by atoms with van der Waals surface area (Å²) in [6.07, 6.45) is 2.81. The van der Waals surface area contributed by atoms with Crippen LogP contribution in [-0.4, -0.2) is 37.5 Å². The first-order chi connectivity index (χ1) is 17.1. The molecule has 0 aromatic heterocycles. The number of carbonyl (C=O) groups excluding carboxylic acids is 3. The number of ether oxygens (including phenoxy) is 3. The molecule has 2 aliphatic rings. The maximum atomic E-state index is 13.2. The van der Waals surface area contributed by atoms with Gasteiger partial charge < -0.3 is 19.5 Å². The maximum absolute atomic E-state index is 13.2. The third kappa shape index (κ3) is 4.89. The van der Waals surface area contributed by atoms with Crippen molar-refractivity contribution in [1.82, 2.24) is 5.32 Å². The Bertz CT molecular complexity index is 1280. The number of hydrogen-bond donors (Lipinski definition) is 1. The van der Waals surface area contributed by atoms with E-state index in [2.05, 4.69) is 11.4 Å². The Kier molecular flexibility index (Phi) is 6.48. The lowest BCUT2D eigenvalue weighted by atomic mass is 9.88. The molecular formula is C28H25NO6. The van der Waals surface area contributed by atoms with Gasteiger partial charge in [-0.05, 0) is 54.7 Å². The van der Waals surface area contributed by atoms with Crippen LogP contribution < -0.4 is 14.8 Å². The monoisotopic (exact) mass is 471 g/mol. The van der Waals surface area contributed by atoms with Crippen molar-refractivity contribution < 1.29 is 28.6 Å². The fourth-order valence-electron chi connectivity index (χ4n) is 4.55. The minimum atomic E-state index is -0.731. The van der Waals surface area contributed by atoms with Crippen molar-refractivity contribution in [2.45, 2.75) is 25.3 Å². The second-order valence-corrected chi connectivity index (χ2v) is 8.52. The maximum Gasteiger partial charge on any atom is 0.339 e. The van der Waals surface area contributed by atoms with E-state index in [1.54, 1.807) is 36.4 Å². The van der Waals surface area contributed by atoms with Gasteiger partial charge in [-0.25, -0.2) is 4.79 Å². The quantitative estimate of drug-likeness (QED) is 0.431. The molecule has 7 nitrogen and oxygen atoms in total. The molecule has 1 atom stereocenters. The van der Waals surface area contributed by atoms with E-state index in [-0.39, 0.29) is 28.9 Å². The van der Waals surface area contributed by atoms with Crippen LogP contribution in [0, 0.1) is 0 Å². The lowest BCUT2D eigenvalue weighted by Crippen LogP contribution is -2.34. The number of benzene rings is 3. The number of fused-ring (bicyclic) bond motifs is 2. The number of esters is 1. The highest BCUT2D eigenvalue weighted by molar-refractivity contribution is 6.14. The average Bonchev–Trinajstić information content (AvgIpc) is 2.91. The fourth-order valence-corrected chi connectivity index (χ4v) is 4.55. The Morgan fingerprint density at radius 2 is 1.63 bits per heavy atom. The van der Waals surface area contributed by atoms with Crippen LogP contribution in [0.4, 0.5) is 0 Å². The molecule has 3 aromatic rings. The Hall–Kier alpha value is -4.13. The van der Waals surface area contributed by atoms with Gasteiger partial charge in [0.15, 0.2) is 23.9 Å². The van der Waals surface area contributed by atoms with E-state index in [0.29, 0.717) is 30.3 Å².